The zero-order valence-corrected chi connectivity index (χ0v) is 16.3. The van der Waals surface area contributed by atoms with Crippen LogP contribution >= 0.6 is 11.6 Å². The summed E-state index contributed by atoms with van der Waals surface area (Å²) in [7, 11) is 0. The Morgan fingerprint density at radius 2 is 1.56 bits per heavy atom. The fourth-order valence-electron chi connectivity index (χ4n) is 1.75. The van der Waals surface area contributed by atoms with Crippen molar-refractivity contribution in [1.29, 1.82) is 0 Å². The Bertz CT molecular complexity index is 640. The van der Waals surface area contributed by atoms with Crippen molar-refractivity contribution in [3.05, 3.63) is 70.8 Å². The Labute approximate surface area is 156 Å². The molecule has 0 saturated carbocycles. The third-order valence-corrected chi connectivity index (χ3v) is 3.24. The van der Waals surface area contributed by atoms with E-state index in [9.17, 15) is 0 Å². The number of halogens is 1. The molecule has 0 aromatic heterocycles. The number of benzene rings is 2. The average molecular weight is 362 g/mol. The van der Waals surface area contributed by atoms with Gasteiger partial charge in [-0.2, -0.15) is 0 Å². The van der Waals surface area contributed by atoms with Crippen LogP contribution in [0.25, 0.3) is 5.70 Å². The van der Waals surface area contributed by atoms with Crippen LogP contribution in [0.4, 0.5) is 5.69 Å². The predicted octanol–water partition coefficient (Wildman–Crippen LogP) is 6.09. The normalized spacial score (nSPS) is 8.36. The van der Waals surface area contributed by atoms with E-state index in [2.05, 4.69) is 44.8 Å². The highest BCUT2D eigenvalue weighted by Gasteiger charge is 2.02. The minimum atomic E-state index is 0.761. The quantitative estimate of drug-likeness (QED) is 0.719. The highest BCUT2D eigenvalue weighted by atomic mass is 35.5. The second kappa shape index (κ2) is 15.2. The van der Waals surface area contributed by atoms with Gasteiger partial charge in [0.2, 0.25) is 0 Å². The fourth-order valence-corrected chi connectivity index (χ4v) is 1.93. The zero-order chi connectivity index (χ0) is 19.8. The van der Waals surface area contributed by atoms with Crippen LogP contribution in [0.3, 0.4) is 0 Å². The number of rotatable bonds is 3. The molecule has 0 heterocycles. The highest BCUT2D eigenvalue weighted by molar-refractivity contribution is 6.31. The lowest BCUT2D eigenvalue weighted by molar-refractivity contribution is -0.0987. The van der Waals surface area contributed by atoms with E-state index in [4.69, 9.17) is 21.2 Å². The van der Waals surface area contributed by atoms with Gasteiger partial charge >= 0.3 is 0 Å². The van der Waals surface area contributed by atoms with Crippen molar-refractivity contribution in [2.75, 3.05) is 5.32 Å². The Hall–Kier alpha value is -2.39. The molecule has 1 N–H and O–H groups in total. The molecule has 0 amide bonds. The monoisotopic (exact) mass is 361 g/mol. The molecule has 0 aliphatic heterocycles. The fraction of sp³-hybridized carbons (Fsp3) is 0.238. The Morgan fingerprint density at radius 3 is 2.04 bits per heavy atom. The van der Waals surface area contributed by atoms with Gasteiger partial charge in [0, 0.05) is 16.4 Å². The standard InChI is InChI=1S/C16H16ClN.C3H8.2CH2O/c1-11-5-4-6-14(9-11)13(3)18-15-8-7-12(2)16(17)10-15;1-3-2;2*1-2/h4-10,18H,3H2,1-2H3;3H2,1-2H3;2*1H2. The lowest BCUT2D eigenvalue weighted by atomic mass is 10.1. The van der Waals surface area contributed by atoms with Gasteiger partial charge < -0.3 is 14.9 Å². The molecule has 0 spiro atoms. The van der Waals surface area contributed by atoms with Gasteiger partial charge in [0.25, 0.3) is 0 Å². The topological polar surface area (TPSA) is 46.2 Å². The second-order valence-corrected chi connectivity index (χ2v) is 5.55. The van der Waals surface area contributed by atoms with E-state index in [-0.39, 0.29) is 0 Å². The molecule has 25 heavy (non-hydrogen) atoms. The highest BCUT2D eigenvalue weighted by Crippen LogP contribution is 2.23. The number of aryl methyl sites for hydroxylation is 2. The number of carbonyl (C=O) groups excluding carboxylic acids is 2. The van der Waals surface area contributed by atoms with Crippen LogP contribution in [-0.2, 0) is 9.59 Å². The van der Waals surface area contributed by atoms with Crippen LogP contribution in [0.15, 0.2) is 49.0 Å². The summed E-state index contributed by atoms with van der Waals surface area (Å²) in [6.07, 6.45) is 1.25. The molecule has 136 valence electrons. The number of carbonyl (C=O) groups is 2. The van der Waals surface area contributed by atoms with Gasteiger partial charge in [0.05, 0.1) is 0 Å². The van der Waals surface area contributed by atoms with E-state index < -0.39 is 0 Å². The van der Waals surface area contributed by atoms with Crippen LogP contribution in [-0.4, -0.2) is 13.6 Å². The smallest absolute Gasteiger partial charge is 0.106 e. The van der Waals surface area contributed by atoms with E-state index in [1.165, 1.54) is 12.0 Å². The van der Waals surface area contributed by atoms with Crippen LogP contribution in [0.5, 0.6) is 0 Å². The van der Waals surface area contributed by atoms with Crippen molar-refractivity contribution >= 4 is 36.6 Å². The molecule has 3 nitrogen and oxygen atoms in total. The molecule has 0 unspecified atom stereocenters. The van der Waals surface area contributed by atoms with Crippen LogP contribution in [0.2, 0.25) is 5.02 Å². The molecule has 0 atom stereocenters. The number of hydrogen-bond acceptors (Lipinski definition) is 3. The second-order valence-electron chi connectivity index (χ2n) is 5.14. The van der Waals surface area contributed by atoms with Gasteiger partial charge in [-0.15, -0.1) is 0 Å². The first-order valence-electron chi connectivity index (χ1n) is 7.84. The van der Waals surface area contributed by atoms with Crippen LogP contribution in [0, 0.1) is 13.8 Å². The Balaban J connectivity index is 0. The molecular weight excluding hydrogens is 334 g/mol. The average Bonchev–Trinajstić information content (AvgIpc) is 2.62. The predicted molar refractivity (Wildman–Crippen MR) is 110 cm³/mol. The minimum absolute atomic E-state index is 0.761. The number of anilines is 1. The van der Waals surface area contributed by atoms with Crippen molar-refractivity contribution < 1.29 is 9.59 Å². The summed E-state index contributed by atoms with van der Waals surface area (Å²) in [6, 6.07) is 14.1. The number of nitrogens with one attached hydrogen (secondary N) is 1. The maximum Gasteiger partial charge on any atom is 0.106 e. The summed E-state index contributed by atoms with van der Waals surface area (Å²) < 4.78 is 0. The largest absolute Gasteiger partial charge is 0.355 e. The van der Waals surface area contributed by atoms with E-state index in [1.54, 1.807) is 0 Å². The molecule has 4 heteroatoms. The molecule has 0 aliphatic carbocycles. The van der Waals surface area contributed by atoms with E-state index in [0.717, 1.165) is 27.5 Å². The summed E-state index contributed by atoms with van der Waals surface area (Å²) in [5, 5.41) is 4.04. The van der Waals surface area contributed by atoms with E-state index >= 15 is 0 Å². The van der Waals surface area contributed by atoms with Gasteiger partial charge in [-0.05, 0) is 43.2 Å². The molecule has 2 aromatic carbocycles. The van der Waals surface area contributed by atoms with Crippen molar-refractivity contribution in [2.45, 2.75) is 34.1 Å². The summed E-state index contributed by atoms with van der Waals surface area (Å²) in [5.41, 5.74) is 5.21. The first-order chi connectivity index (χ1) is 12.0. The van der Waals surface area contributed by atoms with Gasteiger partial charge in [-0.1, -0.05) is 68.3 Å². The number of hydrogen-bond donors (Lipinski definition) is 1. The van der Waals surface area contributed by atoms with E-state index in [0.29, 0.717) is 0 Å². The van der Waals surface area contributed by atoms with Crippen molar-refractivity contribution in [1.82, 2.24) is 0 Å². The molecule has 2 aromatic rings. The van der Waals surface area contributed by atoms with Crippen molar-refractivity contribution in [3.8, 4) is 0 Å². The van der Waals surface area contributed by atoms with Crippen LogP contribution in [0.1, 0.15) is 37.0 Å². The summed E-state index contributed by atoms with van der Waals surface area (Å²) in [4.78, 5) is 16.0. The van der Waals surface area contributed by atoms with Crippen LogP contribution < -0.4 is 5.32 Å². The molecule has 0 aliphatic rings. The van der Waals surface area contributed by atoms with Gasteiger partial charge in [0.1, 0.15) is 13.6 Å². The molecule has 0 fully saturated rings. The summed E-state index contributed by atoms with van der Waals surface area (Å²) >= 11 is 6.10. The SMILES string of the molecule is C=C(Nc1ccc(C)c(Cl)c1)c1cccc(C)c1.C=O.C=O.CCC. The maximum atomic E-state index is 8.00. The summed E-state index contributed by atoms with van der Waals surface area (Å²) in [5.74, 6) is 0. The Morgan fingerprint density at radius 1 is 1.00 bits per heavy atom. The van der Waals surface area contributed by atoms with Crippen molar-refractivity contribution in [3.63, 3.8) is 0 Å². The third-order valence-electron chi connectivity index (χ3n) is 2.83. The van der Waals surface area contributed by atoms with Gasteiger partial charge in [0.15, 0.2) is 0 Å². The van der Waals surface area contributed by atoms with E-state index in [1.807, 2.05) is 50.8 Å². The minimum Gasteiger partial charge on any atom is -0.355 e. The molecule has 0 saturated heterocycles. The zero-order valence-electron chi connectivity index (χ0n) is 15.6. The lowest BCUT2D eigenvalue weighted by Crippen LogP contribution is -1.97. The van der Waals surface area contributed by atoms with Crippen molar-refractivity contribution in [2.24, 2.45) is 0 Å². The molecule has 0 bridgehead atoms. The molecule has 0 radical (unpaired) electrons. The maximum absolute atomic E-state index is 8.00. The molecule has 2 rings (SSSR count). The molecular formula is C21H28ClNO2. The van der Waals surface area contributed by atoms with Gasteiger partial charge in [-0.3, -0.25) is 0 Å². The first-order valence-corrected chi connectivity index (χ1v) is 8.22. The Kier molecular flexibility index (Phi) is 15.1. The third kappa shape index (κ3) is 10.2. The van der Waals surface area contributed by atoms with Gasteiger partial charge in [-0.25, -0.2) is 0 Å². The lowest BCUT2D eigenvalue weighted by Gasteiger charge is -2.11. The first kappa shape index (κ1) is 24.9. The summed E-state index contributed by atoms with van der Waals surface area (Å²) in [6.45, 7) is 16.4.